The molecule has 2 rings (SSSR count). The molecule has 0 amide bonds. The van der Waals surface area contributed by atoms with Gasteiger partial charge in [0.15, 0.2) is 18.7 Å². The van der Waals surface area contributed by atoms with Crippen molar-refractivity contribution in [2.24, 2.45) is 0 Å². The van der Waals surface area contributed by atoms with Crippen LogP contribution in [0.15, 0.2) is 0 Å². The third kappa shape index (κ3) is 20.3. The Kier molecular flexibility index (Phi) is 17.7. The molecule has 0 aromatic heterocycles. The number of hydrogen-bond donors (Lipinski definition) is 16. The highest BCUT2D eigenvalue weighted by Gasteiger charge is 2.60. The van der Waals surface area contributed by atoms with Gasteiger partial charge in [-0.2, -0.15) is 0 Å². The van der Waals surface area contributed by atoms with E-state index in [4.69, 9.17) is 14.2 Å². The molecule has 0 radical (unpaired) electrons. The lowest BCUT2D eigenvalue weighted by Gasteiger charge is -2.49. The molecule has 0 aromatic rings. The second-order valence-corrected chi connectivity index (χ2v) is 19.8. The van der Waals surface area contributed by atoms with Gasteiger partial charge in [-0.05, 0) is 0 Å². The van der Waals surface area contributed by atoms with E-state index in [0.29, 0.717) is 0 Å². The summed E-state index contributed by atoms with van der Waals surface area (Å²) in [4.78, 5) is 151. The minimum absolute atomic E-state index is 1.74. The van der Waals surface area contributed by atoms with Crippen LogP contribution < -0.4 is 0 Å². The molecule has 0 aliphatic carbocycles. The summed E-state index contributed by atoms with van der Waals surface area (Å²) in [6.45, 7) is -3.50. The maximum Gasteiger partial charge on any atom is 0.472 e. The molecule has 2 saturated heterocycles. The van der Waals surface area contributed by atoms with Crippen molar-refractivity contribution in [1.82, 2.24) is 0 Å². The molecular formula is C12H30O35P8. The largest absolute Gasteiger partial charge is 0.472 e. The Hall–Kier alpha value is 0.760. The van der Waals surface area contributed by atoms with Crippen molar-refractivity contribution < 1.29 is 165 Å². The van der Waals surface area contributed by atoms with E-state index in [1.165, 1.54) is 0 Å². The van der Waals surface area contributed by atoms with E-state index in [2.05, 4.69) is 36.2 Å². The molecule has 2 aliphatic heterocycles. The molecule has 2 heterocycles. The van der Waals surface area contributed by atoms with Gasteiger partial charge in [-0.25, -0.2) is 36.5 Å². The van der Waals surface area contributed by atoms with Crippen LogP contribution in [-0.2, 0) is 86.9 Å². The van der Waals surface area contributed by atoms with Crippen LogP contribution in [-0.4, -0.2) is 153 Å². The average Bonchev–Trinajstić information content (AvgIpc) is 2.88. The summed E-state index contributed by atoms with van der Waals surface area (Å²) in [5, 5.41) is 0. The van der Waals surface area contributed by atoms with Gasteiger partial charge in [0.25, 0.3) is 0 Å². The lowest BCUT2D eigenvalue weighted by Crippen LogP contribution is -2.66. The van der Waals surface area contributed by atoms with Crippen LogP contribution >= 0.6 is 62.6 Å². The van der Waals surface area contributed by atoms with E-state index in [1.54, 1.807) is 0 Å². The highest BCUT2D eigenvalue weighted by atomic mass is 31.2. The molecule has 328 valence electrons. The summed E-state index contributed by atoms with van der Waals surface area (Å²) >= 11 is 0. The topological polar surface area (TPSA) is 562 Å². The second kappa shape index (κ2) is 18.8. The predicted octanol–water partition coefficient (Wildman–Crippen LogP) is -4.46. The first-order valence-electron chi connectivity index (χ1n) is 13.0. The zero-order valence-corrected chi connectivity index (χ0v) is 32.8. The van der Waals surface area contributed by atoms with E-state index in [9.17, 15) is 115 Å². The fraction of sp³-hybridized carbons (Fsp3) is 1.00. The smallest absolute Gasteiger partial charge is 0.341 e. The second-order valence-electron chi connectivity index (χ2n) is 10.2. The highest BCUT2D eigenvalue weighted by molar-refractivity contribution is 7.48. The Balaban J connectivity index is 2.97. The van der Waals surface area contributed by atoms with Gasteiger partial charge in [-0.3, -0.25) is 36.2 Å². The predicted molar refractivity (Wildman–Crippen MR) is 156 cm³/mol. The third-order valence-electron chi connectivity index (χ3n) is 5.82. The number of ether oxygens (including phenoxy) is 3. The van der Waals surface area contributed by atoms with Crippen molar-refractivity contribution in [2.45, 2.75) is 61.4 Å². The van der Waals surface area contributed by atoms with E-state index < -0.39 is 137 Å². The zero-order valence-electron chi connectivity index (χ0n) is 25.7. The van der Waals surface area contributed by atoms with Crippen molar-refractivity contribution in [3.05, 3.63) is 0 Å². The van der Waals surface area contributed by atoms with Crippen LogP contribution in [0.2, 0.25) is 0 Å². The summed E-state index contributed by atoms with van der Waals surface area (Å²) in [6.07, 6.45) is -30.0. The van der Waals surface area contributed by atoms with Crippen molar-refractivity contribution >= 4 is 62.6 Å². The monoisotopic (exact) mass is 982 g/mol. The van der Waals surface area contributed by atoms with Crippen LogP contribution in [0.25, 0.3) is 0 Å². The van der Waals surface area contributed by atoms with Crippen LogP contribution in [0.5, 0.6) is 0 Å². The summed E-state index contributed by atoms with van der Waals surface area (Å²) in [7, 11) is -48.1. The molecule has 0 unspecified atom stereocenters. The van der Waals surface area contributed by atoms with Crippen molar-refractivity contribution in [3.63, 3.8) is 0 Å². The first-order valence-corrected chi connectivity index (χ1v) is 25.3. The quantitative estimate of drug-likeness (QED) is 0.0512. The Labute approximate surface area is 302 Å². The standard InChI is InChI=1S/C12H30O35P8/c13-48(14,15)37-1-3-5(7(43-51(22,23)24)10(46-54(31,32)33)12(40-3)47-55(34,35)36)41-11-9(45-53(28,29)30)8(44-52(25,26)27)6(42-50(19,20)21)4(39-11)2-38-49(16,17)18/h3-12H,1-2H2,(H2,13,14,15)(H2,16,17,18)(H2,19,20,21)(H2,22,23,24)(H2,25,26,27)(H2,28,29,30)(H2,31,32,33)(H2,34,35,36)/t3-,4-,5-,6+,7+,8+,9-,10-,11+,12-/m1/s1. The molecule has 0 spiro atoms. The summed E-state index contributed by atoms with van der Waals surface area (Å²) in [6, 6.07) is 0. The van der Waals surface area contributed by atoms with Crippen LogP contribution in [0, 0.1) is 0 Å². The Morgan fingerprint density at radius 1 is 0.327 bits per heavy atom. The van der Waals surface area contributed by atoms with Gasteiger partial charge in [-0.1, -0.05) is 0 Å². The number of phosphoric acid groups is 8. The molecule has 10 atom stereocenters. The SMILES string of the molecule is O=P(O)(O)OC[C@H]1O[C@@H](O[C@H]2[C@H](OP(=O)(O)O)[C@@H](OP(=O)(O)O)[C@@H](OP(=O)(O)O)O[C@@H]2COP(=O)(O)O)[C@H](OP(=O)(O)O)[C@@H](OP(=O)(O)O)[C@H]1OP(=O)(O)O. The Bertz CT molecular complexity index is 1680. The van der Waals surface area contributed by atoms with E-state index in [1.807, 2.05) is 0 Å². The summed E-state index contributed by atoms with van der Waals surface area (Å²) in [5.41, 5.74) is 0. The molecule has 2 aliphatic rings. The van der Waals surface area contributed by atoms with Gasteiger partial charge in [0.2, 0.25) is 0 Å². The minimum atomic E-state index is -6.20. The highest BCUT2D eigenvalue weighted by Crippen LogP contribution is 2.54. The van der Waals surface area contributed by atoms with Crippen molar-refractivity contribution in [1.29, 1.82) is 0 Å². The summed E-state index contributed by atoms with van der Waals surface area (Å²) < 4.78 is 144. The van der Waals surface area contributed by atoms with Gasteiger partial charge in [0.05, 0.1) is 13.2 Å². The normalized spacial score (nSPS) is 31.1. The molecule has 2 fully saturated rings. The third-order valence-corrected chi connectivity index (χ3v) is 9.87. The molecule has 43 heteroatoms. The Morgan fingerprint density at radius 2 is 0.600 bits per heavy atom. The fourth-order valence-electron chi connectivity index (χ4n) is 4.40. The van der Waals surface area contributed by atoms with Gasteiger partial charge in [0.1, 0.15) is 42.7 Å². The molecular weight excluding hydrogens is 952 g/mol. The lowest BCUT2D eigenvalue weighted by molar-refractivity contribution is -0.345. The zero-order chi connectivity index (χ0) is 43.0. The lowest BCUT2D eigenvalue weighted by atomic mass is 9.97. The van der Waals surface area contributed by atoms with Gasteiger partial charge in [0, 0.05) is 0 Å². The van der Waals surface area contributed by atoms with E-state index in [-0.39, 0.29) is 0 Å². The minimum Gasteiger partial charge on any atom is -0.341 e. The Morgan fingerprint density at radius 3 is 0.945 bits per heavy atom. The molecule has 16 N–H and O–H groups in total. The molecule has 0 aromatic carbocycles. The van der Waals surface area contributed by atoms with Gasteiger partial charge >= 0.3 is 62.6 Å². The van der Waals surface area contributed by atoms with Gasteiger partial charge in [-0.15, -0.1) is 0 Å². The molecule has 55 heavy (non-hydrogen) atoms. The number of hydrogen-bond acceptors (Lipinski definition) is 19. The van der Waals surface area contributed by atoms with Crippen molar-refractivity contribution in [2.75, 3.05) is 13.2 Å². The average molecular weight is 982 g/mol. The van der Waals surface area contributed by atoms with Crippen molar-refractivity contribution in [3.8, 4) is 0 Å². The van der Waals surface area contributed by atoms with Crippen LogP contribution in [0.3, 0.4) is 0 Å². The molecule has 0 bridgehead atoms. The molecule has 35 nitrogen and oxygen atoms in total. The number of phosphoric ester groups is 8. The maximum absolute atomic E-state index is 12.1. The summed E-state index contributed by atoms with van der Waals surface area (Å²) in [5.74, 6) is 0. The van der Waals surface area contributed by atoms with E-state index >= 15 is 0 Å². The fourth-order valence-corrected chi connectivity index (χ4v) is 8.28. The first kappa shape index (κ1) is 51.9. The maximum atomic E-state index is 12.1. The van der Waals surface area contributed by atoms with E-state index in [0.717, 1.165) is 0 Å². The van der Waals surface area contributed by atoms with Crippen LogP contribution in [0.4, 0.5) is 0 Å². The molecule has 0 saturated carbocycles. The van der Waals surface area contributed by atoms with Crippen LogP contribution in [0.1, 0.15) is 0 Å². The van der Waals surface area contributed by atoms with Gasteiger partial charge < -0.3 is 92.5 Å². The first-order chi connectivity index (χ1) is 24.2. The number of rotatable bonds is 20.